The van der Waals surface area contributed by atoms with E-state index in [0.29, 0.717) is 16.9 Å². The van der Waals surface area contributed by atoms with Gasteiger partial charge >= 0.3 is 0 Å². The fourth-order valence-corrected chi connectivity index (χ4v) is 3.12. The summed E-state index contributed by atoms with van der Waals surface area (Å²) in [6.07, 6.45) is 6.33. The van der Waals surface area contributed by atoms with Gasteiger partial charge in [0.05, 0.1) is 0 Å². The average Bonchev–Trinajstić information content (AvgIpc) is 2.37. The third-order valence-corrected chi connectivity index (χ3v) is 4.12. The van der Waals surface area contributed by atoms with Crippen LogP contribution < -0.4 is 16.8 Å². The van der Waals surface area contributed by atoms with E-state index in [1.165, 1.54) is 25.7 Å². The number of nitrogens with one attached hydrogen (secondary N) is 1. The van der Waals surface area contributed by atoms with Crippen LogP contribution in [-0.2, 0) is 0 Å². The van der Waals surface area contributed by atoms with Crippen molar-refractivity contribution >= 4 is 17.3 Å². The zero-order valence-corrected chi connectivity index (χ0v) is 12.2. The summed E-state index contributed by atoms with van der Waals surface area (Å²) in [7, 11) is 0. The van der Waals surface area contributed by atoms with E-state index >= 15 is 0 Å². The summed E-state index contributed by atoms with van der Waals surface area (Å²) in [5, 5.41) is 2.97. The lowest BCUT2D eigenvalue weighted by atomic mass is 9.81. The Morgan fingerprint density at radius 3 is 2.60 bits per heavy atom. The molecule has 0 radical (unpaired) electrons. The third kappa shape index (κ3) is 4.15. The van der Waals surface area contributed by atoms with Gasteiger partial charge in [-0.05, 0) is 42.9 Å². The molecule has 20 heavy (non-hydrogen) atoms. The minimum Gasteiger partial charge on any atom is -0.399 e. The maximum Gasteiger partial charge on any atom is 0.251 e. The van der Waals surface area contributed by atoms with Crippen molar-refractivity contribution in [2.45, 2.75) is 39.0 Å². The smallest absolute Gasteiger partial charge is 0.251 e. The SMILES string of the molecule is CC1CCCC(CCNC(=O)c2cc(N)cc(N)c2)C1. The van der Waals surface area contributed by atoms with Crippen LogP contribution >= 0.6 is 0 Å². The molecule has 0 bridgehead atoms. The molecule has 1 aliphatic rings. The number of carbonyl (C=O) groups excluding carboxylic acids is 1. The maximum absolute atomic E-state index is 12.0. The molecule has 0 saturated heterocycles. The zero-order valence-electron chi connectivity index (χ0n) is 12.2. The fraction of sp³-hybridized carbons (Fsp3) is 0.562. The lowest BCUT2D eigenvalue weighted by molar-refractivity contribution is 0.0949. The van der Waals surface area contributed by atoms with Crippen LogP contribution in [0.2, 0.25) is 0 Å². The second-order valence-corrected chi connectivity index (χ2v) is 6.07. The van der Waals surface area contributed by atoms with Crippen molar-refractivity contribution in [2.75, 3.05) is 18.0 Å². The number of nitrogen functional groups attached to an aromatic ring is 2. The topological polar surface area (TPSA) is 81.1 Å². The Labute approximate surface area is 120 Å². The number of benzene rings is 1. The number of nitrogens with two attached hydrogens (primary N) is 2. The molecule has 1 saturated carbocycles. The number of carbonyl (C=O) groups is 1. The standard InChI is InChI=1S/C16H25N3O/c1-11-3-2-4-12(7-11)5-6-19-16(20)13-8-14(17)10-15(18)9-13/h8-12H,2-7,17-18H2,1H3,(H,19,20). The van der Waals surface area contributed by atoms with Gasteiger partial charge in [0.15, 0.2) is 0 Å². The molecule has 0 heterocycles. The van der Waals surface area contributed by atoms with Crippen LogP contribution in [0.25, 0.3) is 0 Å². The van der Waals surface area contributed by atoms with Crippen molar-refractivity contribution in [1.29, 1.82) is 0 Å². The highest BCUT2D eigenvalue weighted by Gasteiger charge is 2.18. The van der Waals surface area contributed by atoms with Gasteiger partial charge in [-0.15, -0.1) is 0 Å². The van der Waals surface area contributed by atoms with Crippen LogP contribution in [-0.4, -0.2) is 12.5 Å². The summed E-state index contributed by atoms with van der Waals surface area (Å²) in [6.45, 7) is 3.05. The number of hydrogen-bond donors (Lipinski definition) is 3. The molecule has 1 aromatic rings. The van der Waals surface area contributed by atoms with Crippen molar-refractivity contribution in [3.63, 3.8) is 0 Å². The normalized spacial score (nSPS) is 22.4. The Kier molecular flexibility index (Phi) is 4.88. The minimum atomic E-state index is -0.0899. The molecule has 2 atom stereocenters. The van der Waals surface area contributed by atoms with Gasteiger partial charge in [-0.2, -0.15) is 0 Å². The number of hydrogen-bond acceptors (Lipinski definition) is 3. The first-order valence-electron chi connectivity index (χ1n) is 7.49. The van der Waals surface area contributed by atoms with Crippen LogP contribution in [0.3, 0.4) is 0 Å². The summed E-state index contributed by atoms with van der Waals surface area (Å²) in [5.41, 5.74) is 13.0. The molecule has 0 spiro atoms. The monoisotopic (exact) mass is 275 g/mol. The number of amides is 1. The van der Waals surface area contributed by atoms with E-state index in [9.17, 15) is 4.79 Å². The van der Waals surface area contributed by atoms with Gasteiger partial charge in [0.2, 0.25) is 0 Å². The predicted octanol–water partition coefficient (Wildman–Crippen LogP) is 2.80. The molecule has 1 aromatic carbocycles. The average molecular weight is 275 g/mol. The molecule has 1 amide bonds. The lowest BCUT2D eigenvalue weighted by Gasteiger charge is -2.26. The van der Waals surface area contributed by atoms with E-state index in [1.807, 2.05) is 0 Å². The maximum atomic E-state index is 12.0. The Morgan fingerprint density at radius 2 is 1.95 bits per heavy atom. The highest BCUT2D eigenvalue weighted by atomic mass is 16.1. The molecular formula is C16H25N3O. The van der Waals surface area contributed by atoms with Gasteiger partial charge in [0.25, 0.3) is 5.91 Å². The fourth-order valence-electron chi connectivity index (χ4n) is 3.12. The zero-order chi connectivity index (χ0) is 14.5. The largest absolute Gasteiger partial charge is 0.399 e. The number of anilines is 2. The molecule has 1 fully saturated rings. The highest BCUT2D eigenvalue weighted by molar-refractivity contribution is 5.96. The van der Waals surface area contributed by atoms with Crippen molar-refractivity contribution in [3.8, 4) is 0 Å². The van der Waals surface area contributed by atoms with Gasteiger partial charge in [0.1, 0.15) is 0 Å². The Morgan fingerprint density at radius 1 is 1.25 bits per heavy atom. The molecule has 0 aliphatic heterocycles. The molecule has 4 nitrogen and oxygen atoms in total. The van der Waals surface area contributed by atoms with E-state index in [0.717, 1.165) is 24.8 Å². The van der Waals surface area contributed by atoms with Crippen molar-refractivity contribution in [1.82, 2.24) is 5.32 Å². The van der Waals surface area contributed by atoms with Crippen LogP contribution in [0.5, 0.6) is 0 Å². The van der Waals surface area contributed by atoms with Gasteiger partial charge in [-0.3, -0.25) is 4.79 Å². The Hall–Kier alpha value is -1.71. The van der Waals surface area contributed by atoms with E-state index < -0.39 is 0 Å². The van der Waals surface area contributed by atoms with E-state index in [2.05, 4.69) is 12.2 Å². The van der Waals surface area contributed by atoms with Crippen LogP contribution in [0.15, 0.2) is 18.2 Å². The predicted molar refractivity (Wildman–Crippen MR) is 83.3 cm³/mol. The molecule has 5 N–H and O–H groups in total. The second kappa shape index (κ2) is 6.64. The molecule has 2 unspecified atom stereocenters. The van der Waals surface area contributed by atoms with Gasteiger partial charge < -0.3 is 16.8 Å². The first kappa shape index (κ1) is 14.7. The van der Waals surface area contributed by atoms with Crippen molar-refractivity contribution < 1.29 is 4.79 Å². The molecule has 1 aliphatic carbocycles. The first-order valence-corrected chi connectivity index (χ1v) is 7.49. The van der Waals surface area contributed by atoms with Gasteiger partial charge in [-0.1, -0.05) is 26.2 Å². The highest BCUT2D eigenvalue weighted by Crippen LogP contribution is 2.30. The summed E-state index contributed by atoms with van der Waals surface area (Å²) in [5.74, 6) is 1.50. The van der Waals surface area contributed by atoms with Crippen molar-refractivity contribution in [2.24, 2.45) is 11.8 Å². The van der Waals surface area contributed by atoms with E-state index in [-0.39, 0.29) is 5.91 Å². The van der Waals surface area contributed by atoms with E-state index in [4.69, 9.17) is 11.5 Å². The van der Waals surface area contributed by atoms with Gasteiger partial charge in [-0.25, -0.2) is 0 Å². The molecule has 0 aromatic heterocycles. The Balaban J connectivity index is 1.80. The number of rotatable bonds is 4. The minimum absolute atomic E-state index is 0.0899. The second-order valence-electron chi connectivity index (χ2n) is 6.07. The van der Waals surface area contributed by atoms with Gasteiger partial charge in [0, 0.05) is 23.5 Å². The third-order valence-electron chi connectivity index (χ3n) is 4.12. The summed E-state index contributed by atoms with van der Waals surface area (Å²) in [4.78, 5) is 12.0. The molecule has 110 valence electrons. The van der Waals surface area contributed by atoms with Crippen LogP contribution in [0.1, 0.15) is 49.4 Å². The molecular weight excluding hydrogens is 250 g/mol. The lowest BCUT2D eigenvalue weighted by Crippen LogP contribution is -2.27. The van der Waals surface area contributed by atoms with Crippen molar-refractivity contribution in [3.05, 3.63) is 23.8 Å². The van der Waals surface area contributed by atoms with Crippen LogP contribution in [0.4, 0.5) is 11.4 Å². The summed E-state index contributed by atoms with van der Waals surface area (Å²) >= 11 is 0. The van der Waals surface area contributed by atoms with E-state index in [1.54, 1.807) is 18.2 Å². The summed E-state index contributed by atoms with van der Waals surface area (Å²) < 4.78 is 0. The quantitative estimate of drug-likeness (QED) is 0.739. The van der Waals surface area contributed by atoms with Crippen LogP contribution in [0, 0.1) is 11.8 Å². The molecule has 2 rings (SSSR count). The first-order chi connectivity index (χ1) is 9.54. The summed E-state index contributed by atoms with van der Waals surface area (Å²) in [6, 6.07) is 4.98. The molecule has 4 heteroatoms. The Bertz CT molecular complexity index is 453.